The summed E-state index contributed by atoms with van der Waals surface area (Å²) in [5.41, 5.74) is 0. The van der Waals surface area contributed by atoms with Crippen LogP contribution in [0.5, 0.6) is 0 Å². The average molecular weight is 502 g/mol. The molecule has 4 saturated heterocycles. The van der Waals surface area contributed by atoms with E-state index in [-0.39, 0.29) is 0 Å². The van der Waals surface area contributed by atoms with Gasteiger partial charge in [0.25, 0.3) is 0 Å². The second kappa shape index (κ2) is 7.77. The molecule has 20 heavy (non-hydrogen) atoms. The van der Waals surface area contributed by atoms with Gasteiger partial charge in [-0.25, -0.2) is 0 Å². The first-order valence-corrected chi connectivity index (χ1v) is 11.5. The van der Waals surface area contributed by atoms with Gasteiger partial charge in [0, 0.05) is 25.2 Å². The van der Waals surface area contributed by atoms with Gasteiger partial charge in [0.15, 0.2) is 0 Å². The summed E-state index contributed by atoms with van der Waals surface area (Å²) in [4.78, 5) is 5.74. The van der Waals surface area contributed by atoms with E-state index in [1.807, 2.05) is 0 Å². The molecule has 4 heterocycles. The van der Waals surface area contributed by atoms with Crippen molar-refractivity contribution in [2.75, 3.05) is 28.6 Å². The van der Waals surface area contributed by atoms with Gasteiger partial charge in [-0.1, -0.05) is 58.0 Å². The fourth-order valence-corrected chi connectivity index (χ4v) is 5.25. The zero-order valence-corrected chi connectivity index (χ0v) is 16.8. The van der Waals surface area contributed by atoms with Crippen LogP contribution in [0.1, 0.15) is 44.9 Å². The molecular weight excluding hydrogens is 474 g/mol. The minimum atomic E-state index is 0.961. The van der Waals surface area contributed by atoms with Gasteiger partial charge in [-0.2, -0.15) is 0 Å². The molecule has 2 nitrogen and oxygen atoms in total. The van der Waals surface area contributed by atoms with Crippen LogP contribution in [-0.2, 0) is 0 Å². The van der Waals surface area contributed by atoms with Gasteiger partial charge in [0.1, 0.15) is 0 Å². The molecule has 0 aromatic rings. The molecular formula is C16H28I2N2. The predicted molar refractivity (Wildman–Crippen MR) is 103 cm³/mol. The maximum absolute atomic E-state index is 2.87. The second-order valence-corrected chi connectivity index (χ2v) is 11.4. The number of rotatable bonds is 0. The topological polar surface area (TPSA) is 6.48 Å². The predicted octanol–water partition coefficient (Wildman–Crippen LogP) is 4.16. The lowest BCUT2D eigenvalue weighted by molar-refractivity contribution is -0.0718. The van der Waals surface area contributed by atoms with E-state index in [2.05, 4.69) is 55.0 Å². The molecule has 0 aromatic carbocycles. The molecule has 4 rings (SSSR count). The molecule has 4 fully saturated rings. The number of nitrogens with zero attached hydrogens (tertiary/aromatic N) is 2. The first-order valence-electron chi connectivity index (χ1n) is 8.43. The lowest BCUT2D eigenvalue weighted by Crippen LogP contribution is -2.63. The van der Waals surface area contributed by atoms with Crippen LogP contribution in [-0.4, -0.2) is 50.5 Å². The maximum atomic E-state index is 2.87. The monoisotopic (exact) mass is 502 g/mol. The molecule has 0 N–H and O–H groups in total. The summed E-state index contributed by atoms with van der Waals surface area (Å²) in [6.45, 7) is 5.68. The molecule has 0 radical (unpaired) electrons. The van der Waals surface area contributed by atoms with Crippen molar-refractivity contribution in [2.24, 2.45) is 11.8 Å². The van der Waals surface area contributed by atoms with E-state index in [4.69, 9.17) is 0 Å². The summed E-state index contributed by atoms with van der Waals surface area (Å²) < 4.78 is 1.19. The van der Waals surface area contributed by atoms with E-state index in [0.29, 0.717) is 0 Å². The summed E-state index contributed by atoms with van der Waals surface area (Å²) in [6, 6.07) is 1.92. The number of alkyl halides is 2. The quantitative estimate of drug-likeness (QED) is 0.363. The van der Waals surface area contributed by atoms with E-state index in [1.54, 1.807) is 6.42 Å². The van der Waals surface area contributed by atoms with Crippen molar-refractivity contribution in [3.05, 3.63) is 0 Å². The molecule has 4 aliphatic heterocycles. The van der Waals surface area contributed by atoms with Crippen molar-refractivity contribution in [3.8, 4) is 0 Å². The first kappa shape index (κ1) is 16.2. The van der Waals surface area contributed by atoms with Gasteiger partial charge in [-0.05, 0) is 57.0 Å². The molecule has 0 saturated carbocycles. The summed E-state index contributed by atoms with van der Waals surface area (Å²) >= 11 is 4.55. The van der Waals surface area contributed by atoms with Crippen LogP contribution in [0.3, 0.4) is 0 Å². The zero-order valence-electron chi connectivity index (χ0n) is 12.4. The van der Waals surface area contributed by atoms with E-state index in [9.17, 15) is 0 Å². The molecule has 4 heteroatoms. The SMILES string of the molecule is C1CCN2C[C@@H]3C[C@@H](CN4CCCC[C@@H]34)[C@H]2C1.ICI. The van der Waals surface area contributed by atoms with Gasteiger partial charge < -0.3 is 0 Å². The normalized spacial score (nSPS) is 41.1. The third-order valence-corrected chi connectivity index (χ3v) is 5.96. The van der Waals surface area contributed by atoms with Crippen molar-refractivity contribution >= 4 is 45.2 Å². The van der Waals surface area contributed by atoms with E-state index < -0.39 is 0 Å². The van der Waals surface area contributed by atoms with Crippen LogP contribution in [0.25, 0.3) is 0 Å². The average Bonchev–Trinajstić information content (AvgIpc) is 2.48. The third-order valence-electron chi connectivity index (χ3n) is 5.96. The lowest BCUT2D eigenvalue weighted by Gasteiger charge is -2.57. The molecule has 0 aromatic heterocycles. The minimum absolute atomic E-state index is 0.961. The molecule has 0 spiro atoms. The maximum Gasteiger partial charge on any atom is 0.0516 e. The highest BCUT2D eigenvalue weighted by Gasteiger charge is 2.46. The Balaban J connectivity index is 0.000000373. The van der Waals surface area contributed by atoms with Gasteiger partial charge in [0.2, 0.25) is 0 Å². The molecule has 0 amide bonds. The van der Waals surface area contributed by atoms with Crippen LogP contribution in [0.4, 0.5) is 0 Å². The largest absolute Gasteiger partial charge is 0.300 e. The molecule has 2 bridgehead atoms. The van der Waals surface area contributed by atoms with E-state index in [1.165, 1.54) is 67.1 Å². The van der Waals surface area contributed by atoms with Crippen LogP contribution in [0.2, 0.25) is 0 Å². The summed E-state index contributed by atoms with van der Waals surface area (Å²) in [5, 5.41) is 0. The Kier molecular flexibility index (Phi) is 6.31. The number of piperidine rings is 4. The number of halogens is 2. The number of hydrogen-bond acceptors (Lipinski definition) is 2. The van der Waals surface area contributed by atoms with Crippen LogP contribution in [0.15, 0.2) is 0 Å². The second-order valence-electron chi connectivity index (χ2n) is 6.97. The first-order chi connectivity index (χ1) is 9.83. The van der Waals surface area contributed by atoms with Gasteiger partial charge in [0.05, 0.1) is 2.43 Å². The molecule has 4 atom stereocenters. The Morgan fingerprint density at radius 1 is 0.750 bits per heavy atom. The third kappa shape index (κ3) is 3.48. The van der Waals surface area contributed by atoms with Gasteiger partial charge >= 0.3 is 0 Å². The smallest absolute Gasteiger partial charge is 0.0516 e. The van der Waals surface area contributed by atoms with Crippen molar-refractivity contribution in [1.29, 1.82) is 0 Å². The van der Waals surface area contributed by atoms with Gasteiger partial charge in [-0.3, -0.25) is 9.80 Å². The highest BCUT2D eigenvalue weighted by Crippen LogP contribution is 2.42. The fourth-order valence-electron chi connectivity index (χ4n) is 5.25. The van der Waals surface area contributed by atoms with Gasteiger partial charge in [-0.15, -0.1) is 0 Å². The Hall–Kier alpha value is 1.38. The highest BCUT2D eigenvalue weighted by molar-refractivity contribution is 14.2. The standard InChI is InChI=1S/C15H26N2.CH2I2/c1-3-7-16-11-13-9-12(14(16)5-1)10-17-8-4-2-6-15(13)17;2-1-3/h12-15H,1-11H2;1H2/t12-,13-,14-,15+;/m0./s1. The van der Waals surface area contributed by atoms with Crippen LogP contribution < -0.4 is 0 Å². The molecule has 116 valence electrons. The summed E-state index contributed by atoms with van der Waals surface area (Å²) in [7, 11) is 0. The Labute approximate surface area is 151 Å². The Bertz CT molecular complexity index is 285. The number of hydrogen-bond donors (Lipinski definition) is 0. The minimum Gasteiger partial charge on any atom is -0.300 e. The summed E-state index contributed by atoms with van der Waals surface area (Å²) in [5.74, 6) is 2.03. The van der Waals surface area contributed by atoms with Crippen molar-refractivity contribution in [3.63, 3.8) is 0 Å². The molecule has 0 unspecified atom stereocenters. The van der Waals surface area contributed by atoms with Crippen LogP contribution in [0, 0.1) is 11.8 Å². The zero-order chi connectivity index (χ0) is 13.9. The Morgan fingerprint density at radius 3 is 1.65 bits per heavy atom. The lowest BCUT2D eigenvalue weighted by atomic mass is 9.71. The van der Waals surface area contributed by atoms with Crippen molar-refractivity contribution in [1.82, 2.24) is 9.80 Å². The Morgan fingerprint density at radius 2 is 1.20 bits per heavy atom. The number of fused-ring (bicyclic) bond motifs is 6. The van der Waals surface area contributed by atoms with Crippen molar-refractivity contribution in [2.45, 2.75) is 57.0 Å². The fraction of sp³-hybridized carbons (Fsp3) is 1.00. The van der Waals surface area contributed by atoms with Crippen molar-refractivity contribution < 1.29 is 0 Å². The van der Waals surface area contributed by atoms with E-state index >= 15 is 0 Å². The van der Waals surface area contributed by atoms with E-state index in [0.717, 1.165) is 23.9 Å². The summed E-state index contributed by atoms with van der Waals surface area (Å²) in [6.07, 6.45) is 10.5. The highest BCUT2D eigenvalue weighted by atomic mass is 127. The molecule has 0 aliphatic carbocycles. The van der Waals surface area contributed by atoms with Crippen LogP contribution >= 0.6 is 45.2 Å². The molecule has 4 aliphatic rings.